The number of aromatic nitrogens is 2. The van der Waals surface area contributed by atoms with Crippen LogP contribution in [0.1, 0.15) is 23.2 Å². The second kappa shape index (κ2) is 8.35. The van der Waals surface area contributed by atoms with Crippen LogP contribution in [0.3, 0.4) is 0 Å². The average Bonchev–Trinajstić information content (AvgIpc) is 2.72. The van der Waals surface area contributed by atoms with E-state index in [4.69, 9.17) is 4.74 Å². The Balaban J connectivity index is 1.44. The van der Waals surface area contributed by atoms with Crippen molar-refractivity contribution in [1.82, 2.24) is 15.3 Å². The Morgan fingerprint density at radius 1 is 1.04 bits per heavy atom. The van der Waals surface area contributed by atoms with E-state index < -0.39 is 0 Å². The molecule has 0 fully saturated rings. The number of pyridine rings is 2. The van der Waals surface area contributed by atoms with E-state index in [1.807, 2.05) is 54.9 Å². The van der Waals surface area contributed by atoms with Gasteiger partial charge in [-0.2, -0.15) is 0 Å². The molecule has 28 heavy (non-hydrogen) atoms. The SMILES string of the molecule is C=C1NC(c2cc(Br)ccn2)=Nc2ccc(OCCCc3ccncc3)cc21. The Kier molecular flexibility index (Phi) is 5.48. The average molecular weight is 435 g/mol. The van der Waals surface area contributed by atoms with E-state index in [1.165, 1.54) is 5.56 Å². The van der Waals surface area contributed by atoms with E-state index in [0.29, 0.717) is 12.4 Å². The molecule has 1 aliphatic heterocycles. The lowest BCUT2D eigenvalue weighted by atomic mass is 10.1. The van der Waals surface area contributed by atoms with Gasteiger partial charge >= 0.3 is 0 Å². The molecule has 3 aromatic rings. The maximum Gasteiger partial charge on any atom is 0.157 e. The van der Waals surface area contributed by atoms with Crippen molar-refractivity contribution in [2.24, 2.45) is 4.99 Å². The van der Waals surface area contributed by atoms with Crippen molar-refractivity contribution < 1.29 is 4.74 Å². The third kappa shape index (κ3) is 4.28. The number of ether oxygens (including phenoxy) is 1. The highest BCUT2D eigenvalue weighted by Gasteiger charge is 2.18. The predicted molar refractivity (Wildman–Crippen MR) is 115 cm³/mol. The van der Waals surface area contributed by atoms with Crippen molar-refractivity contribution in [2.45, 2.75) is 12.8 Å². The van der Waals surface area contributed by atoms with Gasteiger partial charge in [0, 0.05) is 34.3 Å². The van der Waals surface area contributed by atoms with Crippen LogP contribution in [0, 0.1) is 0 Å². The summed E-state index contributed by atoms with van der Waals surface area (Å²) in [5, 5.41) is 3.24. The Bertz CT molecular complexity index is 1030. The van der Waals surface area contributed by atoms with E-state index in [0.717, 1.165) is 45.7 Å². The zero-order chi connectivity index (χ0) is 19.3. The molecule has 0 spiro atoms. The summed E-state index contributed by atoms with van der Waals surface area (Å²) in [5.74, 6) is 1.50. The van der Waals surface area contributed by atoms with Crippen LogP contribution in [-0.2, 0) is 6.42 Å². The highest BCUT2D eigenvalue weighted by Crippen LogP contribution is 2.32. The van der Waals surface area contributed by atoms with Crippen molar-refractivity contribution in [1.29, 1.82) is 0 Å². The molecular weight excluding hydrogens is 416 g/mol. The van der Waals surface area contributed by atoms with Gasteiger partial charge in [0.2, 0.25) is 0 Å². The summed E-state index contributed by atoms with van der Waals surface area (Å²) in [5.41, 5.74) is 4.60. The molecule has 0 bridgehead atoms. The number of aliphatic imine (C=N–C) groups is 1. The number of amidine groups is 1. The molecule has 0 unspecified atom stereocenters. The summed E-state index contributed by atoms with van der Waals surface area (Å²) in [6.07, 6.45) is 7.28. The van der Waals surface area contributed by atoms with Crippen LogP contribution in [-0.4, -0.2) is 22.4 Å². The fourth-order valence-corrected chi connectivity index (χ4v) is 3.31. The third-order valence-electron chi connectivity index (χ3n) is 4.39. The van der Waals surface area contributed by atoms with E-state index in [-0.39, 0.29) is 0 Å². The number of hydrogen-bond donors (Lipinski definition) is 1. The number of halogens is 1. The largest absolute Gasteiger partial charge is 0.494 e. The summed E-state index contributed by atoms with van der Waals surface area (Å²) in [4.78, 5) is 13.1. The van der Waals surface area contributed by atoms with Crippen molar-refractivity contribution in [3.05, 3.63) is 88.9 Å². The Morgan fingerprint density at radius 2 is 1.89 bits per heavy atom. The number of aryl methyl sites for hydroxylation is 1. The van der Waals surface area contributed by atoms with Gasteiger partial charge in [0.15, 0.2) is 5.84 Å². The lowest BCUT2D eigenvalue weighted by molar-refractivity contribution is 0.311. The summed E-state index contributed by atoms with van der Waals surface area (Å²) in [6.45, 7) is 4.79. The summed E-state index contributed by atoms with van der Waals surface area (Å²) in [7, 11) is 0. The van der Waals surface area contributed by atoms with Gasteiger partial charge in [-0.3, -0.25) is 9.97 Å². The van der Waals surface area contributed by atoms with Gasteiger partial charge in [0.25, 0.3) is 0 Å². The number of hydrogen-bond acceptors (Lipinski definition) is 5. The van der Waals surface area contributed by atoms with Gasteiger partial charge in [-0.05, 0) is 60.9 Å². The fraction of sp³-hybridized carbons (Fsp3) is 0.136. The van der Waals surface area contributed by atoms with E-state index in [9.17, 15) is 0 Å². The van der Waals surface area contributed by atoms with Crippen LogP contribution in [0.5, 0.6) is 5.75 Å². The first-order valence-corrected chi connectivity index (χ1v) is 9.81. The van der Waals surface area contributed by atoms with Gasteiger partial charge in [0.05, 0.1) is 12.3 Å². The molecule has 0 saturated heterocycles. The molecule has 0 atom stereocenters. The monoisotopic (exact) mass is 434 g/mol. The molecule has 5 nitrogen and oxygen atoms in total. The molecule has 4 rings (SSSR count). The number of nitrogens with one attached hydrogen (secondary N) is 1. The topological polar surface area (TPSA) is 59.4 Å². The maximum absolute atomic E-state index is 5.92. The molecule has 0 amide bonds. The first kappa shape index (κ1) is 18.4. The molecule has 0 saturated carbocycles. The third-order valence-corrected chi connectivity index (χ3v) is 4.88. The van der Waals surface area contributed by atoms with E-state index in [1.54, 1.807) is 6.20 Å². The lowest BCUT2D eigenvalue weighted by Crippen LogP contribution is -2.26. The van der Waals surface area contributed by atoms with Crippen molar-refractivity contribution in [3.63, 3.8) is 0 Å². The van der Waals surface area contributed by atoms with Crippen LogP contribution in [0.15, 0.2) is 77.1 Å². The molecule has 1 aromatic carbocycles. The van der Waals surface area contributed by atoms with Crippen molar-refractivity contribution in [3.8, 4) is 5.75 Å². The first-order valence-electron chi connectivity index (χ1n) is 9.02. The van der Waals surface area contributed by atoms with Gasteiger partial charge in [0.1, 0.15) is 11.4 Å². The van der Waals surface area contributed by atoms with Gasteiger partial charge < -0.3 is 10.1 Å². The number of benzene rings is 1. The van der Waals surface area contributed by atoms with Crippen LogP contribution < -0.4 is 10.1 Å². The number of fused-ring (bicyclic) bond motifs is 1. The molecular formula is C22H19BrN4O. The van der Waals surface area contributed by atoms with Crippen molar-refractivity contribution >= 4 is 33.1 Å². The molecule has 0 radical (unpaired) electrons. The molecule has 140 valence electrons. The van der Waals surface area contributed by atoms with E-state index >= 15 is 0 Å². The molecule has 3 heterocycles. The maximum atomic E-state index is 5.92. The number of rotatable bonds is 6. The minimum absolute atomic E-state index is 0.650. The normalized spacial score (nSPS) is 12.8. The number of nitrogens with zero attached hydrogens (tertiary/aromatic N) is 3. The Hall–Kier alpha value is -2.99. The smallest absolute Gasteiger partial charge is 0.157 e. The van der Waals surface area contributed by atoms with Crippen LogP contribution in [0.4, 0.5) is 5.69 Å². The molecule has 1 N–H and O–H groups in total. The van der Waals surface area contributed by atoms with Crippen molar-refractivity contribution in [2.75, 3.05) is 6.61 Å². The van der Waals surface area contributed by atoms with Gasteiger partial charge in [-0.25, -0.2) is 4.99 Å². The lowest BCUT2D eigenvalue weighted by Gasteiger charge is -2.20. The minimum Gasteiger partial charge on any atom is -0.494 e. The molecule has 1 aliphatic rings. The zero-order valence-corrected chi connectivity index (χ0v) is 16.8. The standard InChI is InChI=1S/C22H19BrN4O/c1-15-19-14-18(28-12-2-3-16-6-9-24-10-7-16)4-5-20(19)27-22(26-15)21-13-17(23)8-11-25-21/h4-11,13-14H,1-3,12H2,(H,26,27). The second-order valence-electron chi connectivity index (χ2n) is 6.41. The molecule has 6 heteroatoms. The second-order valence-corrected chi connectivity index (χ2v) is 7.33. The molecule has 0 aliphatic carbocycles. The zero-order valence-electron chi connectivity index (χ0n) is 15.2. The van der Waals surface area contributed by atoms with Gasteiger partial charge in [-0.1, -0.05) is 22.5 Å². The Labute approximate surface area is 172 Å². The summed E-state index contributed by atoms with van der Waals surface area (Å²) >= 11 is 3.47. The van der Waals surface area contributed by atoms with Crippen LogP contribution in [0.2, 0.25) is 0 Å². The summed E-state index contributed by atoms with van der Waals surface area (Å²) in [6, 6.07) is 13.7. The fourth-order valence-electron chi connectivity index (χ4n) is 2.97. The minimum atomic E-state index is 0.650. The first-order chi connectivity index (χ1) is 13.7. The highest BCUT2D eigenvalue weighted by molar-refractivity contribution is 9.10. The van der Waals surface area contributed by atoms with E-state index in [2.05, 4.69) is 42.8 Å². The quantitative estimate of drug-likeness (QED) is 0.560. The highest BCUT2D eigenvalue weighted by atomic mass is 79.9. The van der Waals surface area contributed by atoms with Gasteiger partial charge in [-0.15, -0.1) is 0 Å². The molecule has 2 aromatic heterocycles. The van der Waals surface area contributed by atoms with Crippen LogP contribution >= 0.6 is 15.9 Å². The Morgan fingerprint density at radius 3 is 2.71 bits per heavy atom. The summed E-state index contributed by atoms with van der Waals surface area (Å²) < 4.78 is 6.87. The van der Waals surface area contributed by atoms with Crippen LogP contribution in [0.25, 0.3) is 5.70 Å². The predicted octanol–water partition coefficient (Wildman–Crippen LogP) is 4.90.